The number of carbonyl (C=O) groups excluding carboxylic acids is 1. The van der Waals surface area contributed by atoms with Crippen molar-refractivity contribution < 1.29 is 14.3 Å². The van der Waals surface area contributed by atoms with E-state index in [2.05, 4.69) is 12.2 Å². The van der Waals surface area contributed by atoms with Crippen LogP contribution >= 0.6 is 0 Å². The molecule has 1 N–H and O–H groups in total. The zero-order valence-electron chi connectivity index (χ0n) is 11.7. The van der Waals surface area contributed by atoms with E-state index < -0.39 is 0 Å². The minimum atomic E-state index is -0.262. The summed E-state index contributed by atoms with van der Waals surface area (Å²) in [6.07, 6.45) is 2.07. The van der Waals surface area contributed by atoms with E-state index in [9.17, 15) is 4.79 Å². The Bertz CT molecular complexity index is 492. The van der Waals surface area contributed by atoms with Crippen molar-refractivity contribution in [1.82, 2.24) is 0 Å². The van der Waals surface area contributed by atoms with Crippen molar-refractivity contribution in [2.75, 3.05) is 30.0 Å². The summed E-state index contributed by atoms with van der Waals surface area (Å²) in [7, 11) is 0. The first-order valence-corrected chi connectivity index (χ1v) is 7.15. The maximum Gasteiger partial charge on any atom is 0.414 e. The molecule has 0 radical (unpaired) electrons. The van der Waals surface area contributed by atoms with Gasteiger partial charge >= 0.3 is 6.09 Å². The van der Waals surface area contributed by atoms with E-state index in [4.69, 9.17) is 9.47 Å². The van der Waals surface area contributed by atoms with Crippen LogP contribution in [0.25, 0.3) is 0 Å². The molecule has 2 unspecified atom stereocenters. The van der Waals surface area contributed by atoms with Gasteiger partial charge in [0.2, 0.25) is 0 Å². The molecule has 20 heavy (non-hydrogen) atoms. The molecular weight excluding hydrogens is 256 g/mol. The van der Waals surface area contributed by atoms with Crippen LogP contribution in [0.4, 0.5) is 16.2 Å². The van der Waals surface area contributed by atoms with Crippen molar-refractivity contribution in [3.63, 3.8) is 0 Å². The SMILES string of the molecule is CC1CC(Nc2cccc(N3CCOC3=O)c2)CCO1. The number of nitrogens with one attached hydrogen (secondary N) is 1. The predicted molar refractivity (Wildman–Crippen MR) is 77.2 cm³/mol. The number of amides is 1. The van der Waals surface area contributed by atoms with Crippen LogP contribution in [0, 0.1) is 0 Å². The van der Waals surface area contributed by atoms with Crippen molar-refractivity contribution in [2.45, 2.75) is 31.9 Å². The standard InChI is InChI=1S/C15H20N2O3/c1-11-9-13(5-7-19-11)16-12-3-2-4-14(10-12)17-6-8-20-15(17)18/h2-4,10-11,13,16H,5-9H2,1H3. The van der Waals surface area contributed by atoms with Gasteiger partial charge in [-0.15, -0.1) is 0 Å². The van der Waals surface area contributed by atoms with Gasteiger partial charge in [0.1, 0.15) is 6.61 Å². The third kappa shape index (κ3) is 2.88. The third-order valence-corrected chi connectivity index (χ3v) is 3.77. The maximum absolute atomic E-state index is 11.6. The number of carbonyl (C=O) groups is 1. The van der Waals surface area contributed by atoms with Gasteiger partial charge < -0.3 is 14.8 Å². The molecule has 2 heterocycles. The van der Waals surface area contributed by atoms with Crippen molar-refractivity contribution in [1.29, 1.82) is 0 Å². The number of rotatable bonds is 3. The second kappa shape index (κ2) is 5.71. The van der Waals surface area contributed by atoms with Crippen molar-refractivity contribution in [2.24, 2.45) is 0 Å². The molecule has 0 bridgehead atoms. The summed E-state index contributed by atoms with van der Waals surface area (Å²) in [6.45, 7) is 3.99. The van der Waals surface area contributed by atoms with E-state index in [1.165, 1.54) is 0 Å². The highest BCUT2D eigenvalue weighted by molar-refractivity contribution is 5.89. The number of benzene rings is 1. The Kier molecular flexibility index (Phi) is 3.78. The Morgan fingerprint density at radius 3 is 3.00 bits per heavy atom. The molecule has 2 fully saturated rings. The molecule has 0 aliphatic carbocycles. The lowest BCUT2D eigenvalue weighted by Crippen LogP contribution is -2.32. The second-order valence-electron chi connectivity index (χ2n) is 5.36. The minimum Gasteiger partial charge on any atom is -0.447 e. The van der Waals surface area contributed by atoms with Crippen LogP contribution in [0.2, 0.25) is 0 Å². The molecule has 1 aromatic rings. The van der Waals surface area contributed by atoms with E-state index >= 15 is 0 Å². The number of ether oxygens (including phenoxy) is 2. The number of anilines is 2. The summed E-state index contributed by atoms with van der Waals surface area (Å²) < 4.78 is 10.5. The van der Waals surface area contributed by atoms with Gasteiger partial charge in [-0.3, -0.25) is 4.90 Å². The molecule has 1 aromatic carbocycles. The first kappa shape index (κ1) is 13.2. The van der Waals surface area contributed by atoms with Crippen molar-refractivity contribution in [3.05, 3.63) is 24.3 Å². The molecule has 2 saturated heterocycles. The fraction of sp³-hybridized carbons (Fsp3) is 0.533. The Morgan fingerprint density at radius 2 is 2.25 bits per heavy atom. The van der Waals surface area contributed by atoms with Crippen molar-refractivity contribution in [3.8, 4) is 0 Å². The first-order valence-electron chi connectivity index (χ1n) is 7.15. The van der Waals surface area contributed by atoms with Gasteiger partial charge in [-0.1, -0.05) is 6.07 Å². The van der Waals surface area contributed by atoms with Crippen LogP contribution in [-0.4, -0.2) is 38.0 Å². The molecule has 2 atom stereocenters. The second-order valence-corrected chi connectivity index (χ2v) is 5.36. The summed E-state index contributed by atoms with van der Waals surface area (Å²) in [4.78, 5) is 13.3. The molecule has 5 heteroatoms. The molecule has 0 saturated carbocycles. The van der Waals surface area contributed by atoms with Crippen LogP contribution in [0.15, 0.2) is 24.3 Å². The van der Waals surface area contributed by atoms with E-state index in [1.54, 1.807) is 4.90 Å². The molecule has 3 rings (SSSR count). The molecule has 5 nitrogen and oxygen atoms in total. The summed E-state index contributed by atoms with van der Waals surface area (Å²) in [5.74, 6) is 0. The average Bonchev–Trinajstić information content (AvgIpc) is 2.85. The summed E-state index contributed by atoms with van der Waals surface area (Å²) in [5, 5.41) is 3.53. The highest BCUT2D eigenvalue weighted by Gasteiger charge is 2.24. The first-order chi connectivity index (χ1) is 9.72. The lowest BCUT2D eigenvalue weighted by molar-refractivity contribution is 0.0232. The van der Waals surface area contributed by atoms with Gasteiger partial charge in [0.15, 0.2) is 0 Å². The largest absolute Gasteiger partial charge is 0.447 e. The van der Waals surface area contributed by atoms with Crippen LogP contribution < -0.4 is 10.2 Å². The summed E-state index contributed by atoms with van der Waals surface area (Å²) >= 11 is 0. The minimum absolute atomic E-state index is 0.262. The van der Waals surface area contributed by atoms with Gasteiger partial charge in [0.25, 0.3) is 0 Å². The number of cyclic esters (lactones) is 1. The normalized spacial score (nSPS) is 26.4. The van der Waals surface area contributed by atoms with E-state index in [-0.39, 0.29) is 6.09 Å². The Hall–Kier alpha value is -1.75. The van der Waals surface area contributed by atoms with Crippen LogP contribution in [-0.2, 0) is 9.47 Å². The van der Waals surface area contributed by atoms with Crippen molar-refractivity contribution >= 4 is 17.5 Å². The molecule has 1 amide bonds. The molecule has 2 aliphatic rings. The zero-order chi connectivity index (χ0) is 13.9. The topological polar surface area (TPSA) is 50.8 Å². The summed E-state index contributed by atoms with van der Waals surface area (Å²) in [6, 6.07) is 8.37. The lowest BCUT2D eigenvalue weighted by atomic mass is 10.0. The monoisotopic (exact) mass is 276 g/mol. The Balaban J connectivity index is 1.69. The van der Waals surface area contributed by atoms with Crippen LogP contribution in [0.3, 0.4) is 0 Å². The zero-order valence-corrected chi connectivity index (χ0v) is 11.7. The molecule has 0 aromatic heterocycles. The van der Waals surface area contributed by atoms with Gasteiger partial charge in [0, 0.05) is 24.0 Å². The molecule has 0 spiro atoms. The van der Waals surface area contributed by atoms with Gasteiger partial charge in [-0.05, 0) is 38.0 Å². The summed E-state index contributed by atoms with van der Waals surface area (Å²) in [5.41, 5.74) is 1.93. The number of hydrogen-bond donors (Lipinski definition) is 1. The smallest absolute Gasteiger partial charge is 0.414 e. The molecule has 2 aliphatic heterocycles. The average molecular weight is 276 g/mol. The maximum atomic E-state index is 11.6. The Morgan fingerprint density at radius 1 is 1.35 bits per heavy atom. The van der Waals surface area contributed by atoms with E-state index in [0.29, 0.717) is 25.3 Å². The van der Waals surface area contributed by atoms with Crippen LogP contribution in [0.1, 0.15) is 19.8 Å². The van der Waals surface area contributed by atoms with Gasteiger partial charge in [0.05, 0.1) is 12.6 Å². The third-order valence-electron chi connectivity index (χ3n) is 3.77. The fourth-order valence-corrected chi connectivity index (χ4v) is 2.76. The number of hydrogen-bond acceptors (Lipinski definition) is 4. The van der Waals surface area contributed by atoms with Gasteiger partial charge in [-0.25, -0.2) is 4.79 Å². The van der Waals surface area contributed by atoms with E-state index in [1.807, 2.05) is 24.3 Å². The highest BCUT2D eigenvalue weighted by atomic mass is 16.6. The Labute approximate surface area is 118 Å². The molecule has 108 valence electrons. The molecular formula is C15H20N2O3. The van der Waals surface area contributed by atoms with Crippen LogP contribution in [0.5, 0.6) is 0 Å². The highest BCUT2D eigenvalue weighted by Crippen LogP contribution is 2.24. The lowest BCUT2D eigenvalue weighted by Gasteiger charge is -2.29. The number of nitrogens with zero attached hydrogens (tertiary/aromatic N) is 1. The fourth-order valence-electron chi connectivity index (χ4n) is 2.76. The van der Waals surface area contributed by atoms with E-state index in [0.717, 1.165) is 30.8 Å². The predicted octanol–water partition coefficient (Wildman–Crippen LogP) is 2.62. The quantitative estimate of drug-likeness (QED) is 0.922. The van der Waals surface area contributed by atoms with Gasteiger partial charge in [-0.2, -0.15) is 0 Å².